The van der Waals surface area contributed by atoms with E-state index in [-0.39, 0.29) is 5.91 Å². The molecule has 1 saturated heterocycles. The van der Waals surface area contributed by atoms with E-state index in [0.29, 0.717) is 5.92 Å². The average Bonchev–Trinajstić information content (AvgIpc) is 2.56. The van der Waals surface area contributed by atoms with Crippen molar-refractivity contribution in [3.05, 3.63) is 47.9 Å². The molecule has 2 heterocycles. The fourth-order valence-corrected chi connectivity index (χ4v) is 3.26. The highest BCUT2D eigenvalue weighted by Crippen LogP contribution is 2.26. The van der Waals surface area contributed by atoms with Crippen LogP contribution in [0.5, 0.6) is 0 Å². The van der Waals surface area contributed by atoms with Gasteiger partial charge in [0, 0.05) is 38.0 Å². The smallest absolute Gasteiger partial charge is 0.219 e. The van der Waals surface area contributed by atoms with Gasteiger partial charge in [0.2, 0.25) is 5.91 Å². The molecule has 0 aliphatic carbocycles. The Morgan fingerprint density at radius 2 is 1.96 bits per heavy atom. The van der Waals surface area contributed by atoms with E-state index < -0.39 is 0 Å². The van der Waals surface area contributed by atoms with Crippen LogP contribution in [0.15, 0.2) is 36.7 Å². The summed E-state index contributed by atoms with van der Waals surface area (Å²) in [5.41, 5.74) is 4.35. The van der Waals surface area contributed by atoms with E-state index in [0.717, 1.165) is 49.3 Å². The molecule has 23 heavy (non-hydrogen) atoms. The van der Waals surface area contributed by atoms with Crippen LogP contribution in [-0.4, -0.2) is 33.9 Å². The summed E-state index contributed by atoms with van der Waals surface area (Å²) in [6, 6.07) is 8.41. The maximum atomic E-state index is 11.6. The van der Waals surface area contributed by atoms with Gasteiger partial charge in [0.05, 0.1) is 11.4 Å². The minimum Gasteiger partial charge on any atom is -0.343 e. The standard InChI is InChI=1S/C19H23N3O/c1-14-5-7-17(8-6-14)19-18(20-9-10-21-19)12-16-4-3-11-22(13-16)15(2)23/h5-10,16H,3-4,11-13H2,1-2H3. The minimum atomic E-state index is 0.174. The molecule has 1 atom stereocenters. The van der Waals surface area contributed by atoms with E-state index in [1.807, 2.05) is 4.90 Å². The highest BCUT2D eigenvalue weighted by molar-refractivity contribution is 5.73. The number of carbonyl (C=O) groups excluding carboxylic acids is 1. The number of piperidine rings is 1. The summed E-state index contributed by atoms with van der Waals surface area (Å²) in [7, 11) is 0. The number of amides is 1. The highest BCUT2D eigenvalue weighted by atomic mass is 16.2. The zero-order chi connectivity index (χ0) is 16.2. The van der Waals surface area contributed by atoms with Gasteiger partial charge in [-0.15, -0.1) is 0 Å². The normalized spacial score (nSPS) is 18.0. The lowest BCUT2D eigenvalue weighted by Gasteiger charge is -2.32. The number of aromatic nitrogens is 2. The van der Waals surface area contributed by atoms with Crippen LogP contribution in [-0.2, 0) is 11.2 Å². The Labute approximate surface area is 137 Å². The third-order valence-corrected chi connectivity index (χ3v) is 4.55. The summed E-state index contributed by atoms with van der Waals surface area (Å²) in [5, 5.41) is 0. The van der Waals surface area contributed by atoms with Crippen molar-refractivity contribution < 1.29 is 4.79 Å². The number of hydrogen-bond acceptors (Lipinski definition) is 3. The van der Waals surface area contributed by atoms with E-state index in [1.165, 1.54) is 5.56 Å². The van der Waals surface area contributed by atoms with E-state index in [4.69, 9.17) is 0 Å². The van der Waals surface area contributed by atoms with Crippen LogP contribution in [0.3, 0.4) is 0 Å². The van der Waals surface area contributed by atoms with Gasteiger partial charge in [-0.2, -0.15) is 0 Å². The van der Waals surface area contributed by atoms with Gasteiger partial charge in [0.25, 0.3) is 0 Å². The molecule has 120 valence electrons. The minimum absolute atomic E-state index is 0.174. The van der Waals surface area contributed by atoms with Gasteiger partial charge in [-0.1, -0.05) is 29.8 Å². The van der Waals surface area contributed by atoms with Crippen molar-refractivity contribution in [2.75, 3.05) is 13.1 Å². The second-order valence-electron chi connectivity index (χ2n) is 6.40. The lowest BCUT2D eigenvalue weighted by atomic mass is 9.91. The fourth-order valence-electron chi connectivity index (χ4n) is 3.26. The van der Waals surface area contributed by atoms with E-state index >= 15 is 0 Å². The zero-order valence-corrected chi connectivity index (χ0v) is 13.8. The molecule has 0 bridgehead atoms. The Balaban J connectivity index is 1.80. The van der Waals surface area contributed by atoms with Gasteiger partial charge in [-0.05, 0) is 32.1 Å². The average molecular weight is 309 g/mol. The van der Waals surface area contributed by atoms with Crippen molar-refractivity contribution in [3.63, 3.8) is 0 Å². The van der Waals surface area contributed by atoms with Gasteiger partial charge < -0.3 is 4.90 Å². The van der Waals surface area contributed by atoms with Gasteiger partial charge in [-0.3, -0.25) is 14.8 Å². The van der Waals surface area contributed by atoms with Crippen LogP contribution in [0.1, 0.15) is 31.0 Å². The van der Waals surface area contributed by atoms with Crippen LogP contribution < -0.4 is 0 Å². The molecule has 0 radical (unpaired) electrons. The first-order valence-corrected chi connectivity index (χ1v) is 8.26. The summed E-state index contributed by atoms with van der Waals surface area (Å²) in [4.78, 5) is 22.7. The van der Waals surface area contributed by atoms with Gasteiger partial charge in [0.15, 0.2) is 0 Å². The van der Waals surface area contributed by atoms with Crippen LogP contribution in [0.2, 0.25) is 0 Å². The number of likely N-dealkylation sites (tertiary alicyclic amines) is 1. The van der Waals surface area contributed by atoms with E-state index in [1.54, 1.807) is 19.3 Å². The predicted octanol–water partition coefficient (Wildman–Crippen LogP) is 3.25. The molecule has 1 fully saturated rings. The Kier molecular flexibility index (Phi) is 4.70. The van der Waals surface area contributed by atoms with Crippen LogP contribution >= 0.6 is 0 Å². The van der Waals surface area contributed by atoms with Crippen molar-refractivity contribution in [2.24, 2.45) is 5.92 Å². The Morgan fingerprint density at radius 3 is 2.70 bits per heavy atom. The van der Waals surface area contributed by atoms with E-state index in [9.17, 15) is 4.79 Å². The molecule has 1 amide bonds. The first kappa shape index (κ1) is 15.7. The number of carbonyl (C=O) groups is 1. The second kappa shape index (κ2) is 6.90. The Morgan fingerprint density at radius 1 is 1.22 bits per heavy atom. The predicted molar refractivity (Wildman–Crippen MR) is 90.9 cm³/mol. The first-order valence-electron chi connectivity index (χ1n) is 8.26. The number of nitrogens with zero attached hydrogens (tertiary/aromatic N) is 3. The van der Waals surface area contributed by atoms with Gasteiger partial charge in [0.1, 0.15) is 0 Å². The summed E-state index contributed by atoms with van der Waals surface area (Å²) in [6.07, 6.45) is 6.61. The third kappa shape index (κ3) is 3.76. The molecule has 1 aliphatic rings. The number of hydrogen-bond donors (Lipinski definition) is 0. The van der Waals surface area contributed by atoms with Crippen molar-refractivity contribution in [1.29, 1.82) is 0 Å². The summed E-state index contributed by atoms with van der Waals surface area (Å²) in [5.74, 6) is 0.640. The summed E-state index contributed by atoms with van der Waals surface area (Å²) >= 11 is 0. The molecular weight excluding hydrogens is 286 g/mol. The molecule has 4 nitrogen and oxygen atoms in total. The quantitative estimate of drug-likeness (QED) is 0.874. The lowest BCUT2D eigenvalue weighted by Crippen LogP contribution is -2.39. The number of aryl methyl sites for hydroxylation is 1. The topological polar surface area (TPSA) is 46.1 Å². The van der Waals surface area contributed by atoms with Crippen LogP contribution in [0.25, 0.3) is 11.3 Å². The lowest BCUT2D eigenvalue weighted by molar-refractivity contribution is -0.130. The zero-order valence-electron chi connectivity index (χ0n) is 13.8. The highest BCUT2D eigenvalue weighted by Gasteiger charge is 2.23. The molecule has 0 spiro atoms. The van der Waals surface area contributed by atoms with Crippen LogP contribution in [0, 0.1) is 12.8 Å². The van der Waals surface area contributed by atoms with Crippen molar-refractivity contribution in [1.82, 2.24) is 14.9 Å². The van der Waals surface area contributed by atoms with Crippen molar-refractivity contribution in [2.45, 2.75) is 33.1 Å². The first-order chi connectivity index (χ1) is 11.1. The maximum absolute atomic E-state index is 11.6. The molecule has 0 N–H and O–H groups in total. The van der Waals surface area contributed by atoms with E-state index in [2.05, 4.69) is 41.2 Å². The summed E-state index contributed by atoms with van der Waals surface area (Å²) in [6.45, 7) is 5.46. The molecule has 2 aromatic rings. The molecule has 1 unspecified atom stereocenters. The SMILES string of the molecule is CC(=O)N1CCCC(Cc2nccnc2-c2ccc(C)cc2)C1. The second-order valence-corrected chi connectivity index (χ2v) is 6.40. The van der Waals surface area contributed by atoms with Crippen molar-refractivity contribution >= 4 is 5.91 Å². The molecule has 0 saturated carbocycles. The van der Waals surface area contributed by atoms with Crippen LogP contribution in [0.4, 0.5) is 0 Å². The largest absolute Gasteiger partial charge is 0.343 e. The molecule has 4 heteroatoms. The Bertz CT molecular complexity index is 681. The third-order valence-electron chi connectivity index (χ3n) is 4.55. The van der Waals surface area contributed by atoms with Gasteiger partial charge in [-0.25, -0.2) is 0 Å². The van der Waals surface area contributed by atoms with Gasteiger partial charge >= 0.3 is 0 Å². The molecule has 1 aromatic carbocycles. The number of rotatable bonds is 3. The monoisotopic (exact) mass is 309 g/mol. The molecule has 1 aliphatic heterocycles. The van der Waals surface area contributed by atoms with Crippen molar-refractivity contribution in [3.8, 4) is 11.3 Å². The molecule has 1 aromatic heterocycles. The fraction of sp³-hybridized carbons (Fsp3) is 0.421. The Hall–Kier alpha value is -2.23. The summed E-state index contributed by atoms with van der Waals surface area (Å²) < 4.78 is 0. The molecular formula is C19H23N3O. The molecule has 3 rings (SSSR count). The number of benzene rings is 1. The maximum Gasteiger partial charge on any atom is 0.219 e.